The van der Waals surface area contributed by atoms with Gasteiger partial charge in [0.25, 0.3) is 0 Å². The average Bonchev–Trinajstić information content (AvgIpc) is 3.16. The SMILES string of the molecule is Cc1nn(C(C)C(=O)Nc2ccn(Cc3ccc(F)cc3Cl)n2)cc1Cl. The number of halogens is 3. The Morgan fingerprint density at radius 3 is 2.69 bits per heavy atom. The molecule has 1 unspecified atom stereocenters. The van der Waals surface area contributed by atoms with Crippen LogP contribution in [0.5, 0.6) is 0 Å². The third-order valence-corrected chi connectivity index (χ3v) is 4.60. The lowest BCUT2D eigenvalue weighted by atomic mass is 10.2. The highest BCUT2D eigenvalue weighted by atomic mass is 35.5. The van der Waals surface area contributed by atoms with E-state index in [1.54, 1.807) is 43.1 Å². The van der Waals surface area contributed by atoms with Crippen LogP contribution in [0.4, 0.5) is 10.2 Å². The zero-order valence-electron chi connectivity index (χ0n) is 14.1. The van der Waals surface area contributed by atoms with Crippen molar-refractivity contribution in [2.75, 3.05) is 5.32 Å². The Bertz CT molecular complexity index is 933. The predicted molar refractivity (Wildman–Crippen MR) is 98.1 cm³/mol. The van der Waals surface area contributed by atoms with Gasteiger partial charge in [0.2, 0.25) is 5.91 Å². The predicted octanol–water partition coefficient (Wildman–Crippen LogP) is 4.08. The fraction of sp³-hybridized carbons (Fsp3) is 0.235. The van der Waals surface area contributed by atoms with Gasteiger partial charge < -0.3 is 5.32 Å². The summed E-state index contributed by atoms with van der Waals surface area (Å²) < 4.78 is 16.2. The van der Waals surface area contributed by atoms with Crippen molar-refractivity contribution in [3.8, 4) is 0 Å². The summed E-state index contributed by atoms with van der Waals surface area (Å²) in [5.41, 5.74) is 1.39. The molecule has 136 valence electrons. The summed E-state index contributed by atoms with van der Waals surface area (Å²) in [4.78, 5) is 12.4. The van der Waals surface area contributed by atoms with Crippen molar-refractivity contribution in [1.29, 1.82) is 0 Å². The number of rotatable bonds is 5. The van der Waals surface area contributed by atoms with E-state index in [2.05, 4.69) is 15.5 Å². The van der Waals surface area contributed by atoms with E-state index in [4.69, 9.17) is 23.2 Å². The van der Waals surface area contributed by atoms with Crippen LogP contribution in [0, 0.1) is 12.7 Å². The van der Waals surface area contributed by atoms with E-state index in [1.165, 1.54) is 16.8 Å². The van der Waals surface area contributed by atoms with Crippen LogP contribution in [0.3, 0.4) is 0 Å². The number of carbonyl (C=O) groups excluding carboxylic acids is 1. The van der Waals surface area contributed by atoms with Crippen molar-refractivity contribution in [2.45, 2.75) is 26.4 Å². The highest BCUT2D eigenvalue weighted by Crippen LogP contribution is 2.19. The number of anilines is 1. The Morgan fingerprint density at radius 1 is 1.27 bits per heavy atom. The fourth-order valence-corrected chi connectivity index (χ4v) is 2.71. The molecular weight excluding hydrogens is 380 g/mol. The molecule has 0 saturated carbocycles. The first-order chi connectivity index (χ1) is 12.3. The monoisotopic (exact) mass is 395 g/mol. The summed E-state index contributed by atoms with van der Waals surface area (Å²) in [6.07, 6.45) is 3.31. The highest BCUT2D eigenvalue weighted by molar-refractivity contribution is 6.31. The number of aromatic nitrogens is 4. The third kappa shape index (κ3) is 4.05. The molecule has 0 fully saturated rings. The molecule has 2 heterocycles. The summed E-state index contributed by atoms with van der Waals surface area (Å²) in [7, 11) is 0. The van der Waals surface area contributed by atoms with Crippen molar-refractivity contribution in [1.82, 2.24) is 19.6 Å². The first kappa shape index (κ1) is 18.4. The van der Waals surface area contributed by atoms with Crippen molar-refractivity contribution in [3.63, 3.8) is 0 Å². The van der Waals surface area contributed by atoms with Crippen LogP contribution < -0.4 is 5.32 Å². The van der Waals surface area contributed by atoms with Crippen LogP contribution >= 0.6 is 23.2 Å². The first-order valence-corrected chi connectivity index (χ1v) is 8.58. The second-order valence-electron chi connectivity index (χ2n) is 5.84. The molecule has 2 aromatic heterocycles. The van der Waals surface area contributed by atoms with Gasteiger partial charge >= 0.3 is 0 Å². The molecule has 3 rings (SSSR count). The molecule has 0 aliphatic carbocycles. The summed E-state index contributed by atoms with van der Waals surface area (Å²) in [5.74, 6) is -0.264. The number of aryl methyl sites for hydroxylation is 1. The number of benzene rings is 1. The Labute approximate surface area is 159 Å². The van der Waals surface area contributed by atoms with Gasteiger partial charge in [0.05, 0.1) is 17.3 Å². The molecule has 0 aliphatic heterocycles. The van der Waals surface area contributed by atoms with Gasteiger partial charge in [0, 0.05) is 23.5 Å². The van der Waals surface area contributed by atoms with Gasteiger partial charge in [-0.15, -0.1) is 0 Å². The molecule has 1 atom stereocenters. The molecule has 0 spiro atoms. The highest BCUT2D eigenvalue weighted by Gasteiger charge is 2.18. The topological polar surface area (TPSA) is 64.7 Å². The van der Waals surface area contributed by atoms with Gasteiger partial charge in [-0.2, -0.15) is 10.2 Å². The Hall–Kier alpha value is -2.38. The Kier molecular flexibility index (Phi) is 5.29. The summed E-state index contributed by atoms with van der Waals surface area (Å²) in [5, 5.41) is 12.0. The molecule has 0 radical (unpaired) electrons. The number of hydrogen-bond donors (Lipinski definition) is 1. The van der Waals surface area contributed by atoms with Crippen LogP contribution in [-0.2, 0) is 11.3 Å². The summed E-state index contributed by atoms with van der Waals surface area (Å²) in [6, 6.07) is 5.32. The van der Waals surface area contributed by atoms with Crippen LogP contribution in [0.2, 0.25) is 10.0 Å². The van der Waals surface area contributed by atoms with Crippen LogP contribution in [0.1, 0.15) is 24.2 Å². The van der Waals surface area contributed by atoms with Crippen molar-refractivity contribution < 1.29 is 9.18 Å². The first-order valence-electron chi connectivity index (χ1n) is 7.83. The minimum absolute atomic E-state index is 0.269. The second kappa shape index (κ2) is 7.47. The van der Waals surface area contributed by atoms with E-state index in [0.717, 1.165) is 5.56 Å². The number of nitrogens with one attached hydrogen (secondary N) is 1. The smallest absolute Gasteiger partial charge is 0.250 e. The normalized spacial score (nSPS) is 12.2. The number of carbonyl (C=O) groups is 1. The van der Waals surface area contributed by atoms with E-state index in [0.29, 0.717) is 28.1 Å². The third-order valence-electron chi connectivity index (χ3n) is 3.87. The lowest BCUT2D eigenvalue weighted by Crippen LogP contribution is -2.24. The van der Waals surface area contributed by atoms with E-state index >= 15 is 0 Å². The lowest BCUT2D eigenvalue weighted by Gasteiger charge is -2.11. The minimum atomic E-state index is -0.544. The standard InChI is InChI=1S/C17H16Cl2FN5O/c1-10-15(19)9-25(22-10)11(2)17(26)21-16-5-6-24(23-16)8-12-3-4-13(20)7-14(12)18/h3-7,9,11H,8H2,1-2H3,(H,21,23,26). The van der Waals surface area contributed by atoms with Crippen molar-refractivity contribution in [3.05, 3.63) is 63.8 Å². The number of hydrogen-bond acceptors (Lipinski definition) is 3. The molecule has 0 aliphatic rings. The molecule has 1 aromatic carbocycles. The van der Waals surface area contributed by atoms with Crippen molar-refractivity contribution >= 4 is 34.9 Å². The molecule has 26 heavy (non-hydrogen) atoms. The van der Waals surface area contributed by atoms with Gasteiger partial charge in [-0.05, 0) is 31.5 Å². The maximum Gasteiger partial charge on any atom is 0.250 e. The second-order valence-corrected chi connectivity index (χ2v) is 6.66. The summed E-state index contributed by atoms with van der Waals surface area (Å²) >= 11 is 12.0. The van der Waals surface area contributed by atoms with Gasteiger partial charge in [-0.25, -0.2) is 4.39 Å². The van der Waals surface area contributed by atoms with E-state index in [9.17, 15) is 9.18 Å². The molecule has 9 heteroatoms. The molecular formula is C17H16Cl2FN5O. The zero-order chi connectivity index (χ0) is 18.8. The van der Waals surface area contributed by atoms with Gasteiger partial charge in [-0.1, -0.05) is 29.3 Å². The molecule has 1 amide bonds. The number of nitrogens with zero attached hydrogens (tertiary/aromatic N) is 4. The minimum Gasteiger partial charge on any atom is -0.307 e. The number of amides is 1. The molecule has 0 saturated heterocycles. The average molecular weight is 396 g/mol. The largest absolute Gasteiger partial charge is 0.307 e. The van der Waals surface area contributed by atoms with E-state index in [1.807, 2.05) is 0 Å². The van der Waals surface area contributed by atoms with Crippen LogP contribution in [0.15, 0.2) is 36.7 Å². The van der Waals surface area contributed by atoms with E-state index in [-0.39, 0.29) is 5.91 Å². The van der Waals surface area contributed by atoms with Gasteiger partial charge in [0.15, 0.2) is 5.82 Å². The van der Waals surface area contributed by atoms with Gasteiger partial charge in [-0.3, -0.25) is 14.2 Å². The fourth-order valence-electron chi connectivity index (χ4n) is 2.35. The Morgan fingerprint density at radius 2 is 2.04 bits per heavy atom. The van der Waals surface area contributed by atoms with Crippen LogP contribution in [0.25, 0.3) is 0 Å². The quantitative estimate of drug-likeness (QED) is 0.707. The maximum absolute atomic E-state index is 13.1. The molecule has 6 nitrogen and oxygen atoms in total. The van der Waals surface area contributed by atoms with Crippen molar-refractivity contribution in [2.24, 2.45) is 0 Å². The maximum atomic E-state index is 13.1. The van der Waals surface area contributed by atoms with Crippen LogP contribution in [-0.4, -0.2) is 25.5 Å². The summed E-state index contributed by atoms with van der Waals surface area (Å²) in [6.45, 7) is 3.84. The molecule has 1 N–H and O–H groups in total. The van der Waals surface area contributed by atoms with E-state index < -0.39 is 11.9 Å². The zero-order valence-corrected chi connectivity index (χ0v) is 15.6. The molecule has 3 aromatic rings. The Balaban J connectivity index is 1.67. The van der Waals surface area contributed by atoms with Gasteiger partial charge in [0.1, 0.15) is 11.9 Å². The lowest BCUT2D eigenvalue weighted by molar-refractivity contribution is -0.119. The molecule has 0 bridgehead atoms.